The van der Waals surface area contributed by atoms with E-state index < -0.39 is 14.2 Å². The Morgan fingerprint density at radius 3 is 2.68 bits per heavy atom. The number of esters is 1. The van der Waals surface area contributed by atoms with Crippen molar-refractivity contribution in [3.63, 3.8) is 0 Å². The average Bonchev–Trinajstić information content (AvgIpc) is 2.73. The first kappa shape index (κ1) is 16.3. The minimum Gasteiger partial charge on any atom is -0.460 e. The van der Waals surface area contributed by atoms with Gasteiger partial charge in [-0.25, -0.2) is 0 Å². The Morgan fingerprint density at radius 1 is 1.37 bits per heavy atom. The predicted octanol–water partition coefficient (Wildman–Crippen LogP) is 2.88. The van der Waals surface area contributed by atoms with Crippen LogP contribution in [0.15, 0.2) is 0 Å². The molecule has 1 aliphatic rings. The third-order valence-electron chi connectivity index (χ3n) is 3.11. The summed E-state index contributed by atoms with van der Waals surface area (Å²) in [6.07, 6.45) is 5.20. The van der Waals surface area contributed by atoms with Crippen LogP contribution in [-0.4, -0.2) is 31.4 Å². The first-order chi connectivity index (χ1) is 8.88. The topological polar surface area (TPSA) is 46.5 Å². The number of ether oxygens (including phenoxy) is 1. The van der Waals surface area contributed by atoms with Gasteiger partial charge in [-0.2, -0.15) is 0 Å². The van der Waals surface area contributed by atoms with Crippen molar-refractivity contribution < 1.29 is 14.6 Å². The van der Waals surface area contributed by atoms with Crippen molar-refractivity contribution in [2.24, 2.45) is 0 Å². The number of carbonyl (C=O) groups is 1. The fraction of sp³-hybridized carbons (Fsp3) is 0.800. The average molecular weight is 282 g/mol. The molecule has 0 spiro atoms. The summed E-state index contributed by atoms with van der Waals surface area (Å²) in [7, 11) is -1.22. The summed E-state index contributed by atoms with van der Waals surface area (Å²) in [4.78, 5) is 10.9. The van der Waals surface area contributed by atoms with Gasteiger partial charge in [-0.15, -0.1) is 11.5 Å². The monoisotopic (exact) mass is 282 g/mol. The molecule has 1 rings (SSSR count). The van der Waals surface area contributed by atoms with E-state index >= 15 is 0 Å². The highest BCUT2D eigenvalue weighted by Gasteiger charge is 2.29. The van der Waals surface area contributed by atoms with Gasteiger partial charge in [0.25, 0.3) is 0 Å². The molecular weight excluding hydrogens is 256 g/mol. The molecule has 0 bridgehead atoms. The summed E-state index contributed by atoms with van der Waals surface area (Å²) in [6, 6.07) is 0. The number of unbranched alkanes of at least 4 members (excludes halogenated alkanes) is 3. The molecule has 4 heteroatoms. The second-order valence-electron chi connectivity index (χ2n) is 6.29. The molecule has 2 atom stereocenters. The van der Waals surface area contributed by atoms with E-state index in [0.717, 1.165) is 32.1 Å². The largest absolute Gasteiger partial charge is 0.460 e. The molecular formula is C15H26O3Si. The second-order valence-corrected chi connectivity index (χ2v) is 11.0. The SMILES string of the molecule is C[Si](C)(C)C#CCCCCC[C@@H](O)[C@H]1CCC(=O)O1. The minimum absolute atomic E-state index is 0.175. The Hall–Kier alpha value is -0.793. The van der Waals surface area contributed by atoms with E-state index in [-0.39, 0.29) is 12.1 Å². The summed E-state index contributed by atoms with van der Waals surface area (Å²) in [5, 5.41) is 9.88. The molecule has 3 nitrogen and oxygen atoms in total. The Kier molecular flexibility index (Phi) is 6.60. The van der Waals surface area contributed by atoms with Gasteiger partial charge in [0.05, 0.1) is 6.10 Å². The van der Waals surface area contributed by atoms with E-state index in [9.17, 15) is 9.90 Å². The number of aliphatic hydroxyl groups excluding tert-OH is 1. The normalized spacial score (nSPS) is 20.6. The zero-order valence-corrected chi connectivity index (χ0v) is 13.4. The summed E-state index contributed by atoms with van der Waals surface area (Å²) in [5.41, 5.74) is 3.35. The third kappa shape index (κ3) is 7.39. The van der Waals surface area contributed by atoms with Crippen molar-refractivity contribution in [2.75, 3.05) is 0 Å². The van der Waals surface area contributed by atoms with E-state index in [0.29, 0.717) is 12.8 Å². The van der Waals surface area contributed by atoms with Crippen LogP contribution in [0.25, 0.3) is 0 Å². The van der Waals surface area contributed by atoms with E-state index in [1.807, 2.05) is 0 Å². The van der Waals surface area contributed by atoms with Crippen LogP contribution in [0.1, 0.15) is 44.9 Å². The lowest BCUT2D eigenvalue weighted by Crippen LogP contribution is -2.25. The molecule has 0 aromatic rings. The maximum absolute atomic E-state index is 10.9. The van der Waals surface area contributed by atoms with Crippen LogP contribution >= 0.6 is 0 Å². The van der Waals surface area contributed by atoms with Crippen molar-refractivity contribution in [1.82, 2.24) is 0 Å². The van der Waals surface area contributed by atoms with E-state index in [1.54, 1.807) is 0 Å². The van der Waals surface area contributed by atoms with Gasteiger partial charge in [-0.1, -0.05) is 32.5 Å². The summed E-state index contributed by atoms with van der Waals surface area (Å²) in [5.74, 6) is 3.08. The summed E-state index contributed by atoms with van der Waals surface area (Å²) < 4.78 is 5.05. The van der Waals surface area contributed by atoms with Crippen LogP contribution < -0.4 is 0 Å². The molecule has 1 heterocycles. The van der Waals surface area contributed by atoms with Gasteiger partial charge < -0.3 is 9.84 Å². The molecule has 0 amide bonds. The van der Waals surface area contributed by atoms with Crippen LogP contribution in [0.5, 0.6) is 0 Å². The van der Waals surface area contributed by atoms with Gasteiger partial charge in [0.15, 0.2) is 0 Å². The number of hydrogen-bond donors (Lipinski definition) is 1. The smallest absolute Gasteiger partial charge is 0.306 e. The maximum Gasteiger partial charge on any atom is 0.306 e. The van der Waals surface area contributed by atoms with Crippen LogP contribution in [-0.2, 0) is 9.53 Å². The zero-order valence-electron chi connectivity index (χ0n) is 12.4. The molecule has 108 valence electrons. The van der Waals surface area contributed by atoms with Gasteiger partial charge in [0.1, 0.15) is 14.2 Å². The Labute approximate surface area is 117 Å². The van der Waals surface area contributed by atoms with Crippen molar-refractivity contribution in [3.05, 3.63) is 0 Å². The Balaban J connectivity index is 2.04. The molecule has 0 radical (unpaired) electrons. The lowest BCUT2D eigenvalue weighted by Gasteiger charge is -2.16. The molecule has 19 heavy (non-hydrogen) atoms. The molecule has 1 fully saturated rings. The summed E-state index contributed by atoms with van der Waals surface area (Å²) >= 11 is 0. The van der Waals surface area contributed by atoms with Crippen LogP contribution in [0, 0.1) is 11.5 Å². The van der Waals surface area contributed by atoms with E-state index in [1.165, 1.54) is 0 Å². The summed E-state index contributed by atoms with van der Waals surface area (Å²) in [6.45, 7) is 6.75. The van der Waals surface area contributed by atoms with E-state index in [2.05, 4.69) is 31.1 Å². The van der Waals surface area contributed by atoms with Crippen LogP contribution in [0.4, 0.5) is 0 Å². The molecule has 0 aromatic heterocycles. The Bertz CT molecular complexity index is 349. The third-order valence-corrected chi connectivity index (χ3v) is 4.04. The molecule has 1 aliphatic heterocycles. The van der Waals surface area contributed by atoms with Crippen molar-refractivity contribution in [2.45, 2.75) is 76.8 Å². The van der Waals surface area contributed by atoms with Crippen molar-refractivity contribution in [1.29, 1.82) is 0 Å². The fourth-order valence-electron chi connectivity index (χ4n) is 2.07. The van der Waals surface area contributed by atoms with Gasteiger partial charge >= 0.3 is 5.97 Å². The number of aliphatic hydroxyl groups is 1. The van der Waals surface area contributed by atoms with Crippen molar-refractivity contribution >= 4 is 14.0 Å². The molecule has 1 N–H and O–H groups in total. The molecule has 0 aliphatic carbocycles. The molecule has 1 saturated heterocycles. The molecule has 0 unspecified atom stereocenters. The van der Waals surface area contributed by atoms with Crippen LogP contribution in [0.2, 0.25) is 19.6 Å². The number of rotatable bonds is 6. The highest BCUT2D eigenvalue weighted by molar-refractivity contribution is 6.83. The fourth-order valence-corrected chi connectivity index (χ4v) is 2.73. The van der Waals surface area contributed by atoms with Gasteiger partial charge in [-0.3, -0.25) is 4.79 Å². The quantitative estimate of drug-likeness (QED) is 0.353. The molecule has 0 aromatic carbocycles. The highest BCUT2D eigenvalue weighted by Crippen LogP contribution is 2.20. The van der Waals surface area contributed by atoms with Crippen molar-refractivity contribution in [3.8, 4) is 11.5 Å². The first-order valence-corrected chi connectivity index (χ1v) is 10.8. The molecule has 0 saturated carbocycles. The number of cyclic esters (lactones) is 1. The highest BCUT2D eigenvalue weighted by atomic mass is 28.3. The second kappa shape index (κ2) is 7.71. The van der Waals surface area contributed by atoms with Gasteiger partial charge in [0, 0.05) is 12.8 Å². The standard InChI is InChI=1S/C15H26O3Si/c1-19(2,3)12-8-6-4-5-7-9-13(16)14-10-11-15(17)18-14/h13-14,16H,4-7,9-11H2,1-3H3/t13-,14-/m1/s1. The number of hydrogen-bond acceptors (Lipinski definition) is 3. The Morgan fingerprint density at radius 2 is 2.11 bits per heavy atom. The van der Waals surface area contributed by atoms with Gasteiger partial charge in [-0.05, 0) is 19.3 Å². The zero-order chi connectivity index (χ0) is 14.3. The number of carbonyl (C=O) groups excluding carboxylic acids is 1. The maximum atomic E-state index is 10.9. The lowest BCUT2D eigenvalue weighted by molar-refractivity contribution is -0.145. The van der Waals surface area contributed by atoms with Crippen LogP contribution in [0.3, 0.4) is 0 Å². The first-order valence-electron chi connectivity index (χ1n) is 7.26. The van der Waals surface area contributed by atoms with E-state index in [4.69, 9.17) is 4.74 Å². The predicted molar refractivity (Wildman–Crippen MR) is 79.3 cm³/mol. The van der Waals surface area contributed by atoms with Gasteiger partial charge in [0.2, 0.25) is 0 Å². The minimum atomic E-state index is -1.22. The lowest BCUT2D eigenvalue weighted by atomic mass is 10.0.